The van der Waals surface area contributed by atoms with Crippen LogP contribution in [0.4, 0.5) is 0 Å². The number of piperidine rings is 1. The van der Waals surface area contributed by atoms with E-state index in [1.54, 1.807) is 0 Å². The van der Waals surface area contributed by atoms with E-state index in [2.05, 4.69) is 23.0 Å². The molecule has 0 aliphatic carbocycles. The zero-order valence-electron chi connectivity index (χ0n) is 9.56. The smallest absolute Gasteiger partial charge is 0.129 e. The molecule has 2 nitrogen and oxygen atoms in total. The molecule has 0 N–H and O–H groups in total. The van der Waals surface area contributed by atoms with Crippen molar-refractivity contribution in [2.75, 3.05) is 7.05 Å². The second-order valence-electron chi connectivity index (χ2n) is 5.07. The monoisotopic (exact) mass is 235 g/mol. The van der Waals surface area contributed by atoms with Crippen LogP contribution in [0.15, 0.2) is 18.3 Å². The summed E-state index contributed by atoms with van der Waals surface area (Å²) < 4.78 is 0. The molecule has 3 heteroatoms. The molecule has 2 saturated heterocycles. The van der Waals surface area contributed by atoms with E-state index < -0.39 is 0 Å². The Morgan fingerprint density at radius 3 is 2.94 bits per heavy atom. The first-order chi connectivity index (χ1) is 7.75. The van der Waals surface area contributed by atoms with E-state index in [1.807, 2.05) is 12.3 Å². The number of rotatable bonds is 1. The van der Waals surface area contributed by atoms with Crippen molar-refractivity contribution in [3.05, 3.63) is 29.0 Å². The lowest BCUT2D eigenvalue weighted by molar-refractivity contribution is 0.174. The van der Waals surface area contributed by atoms with Gasteiger partial charge in [-0.05, 0) is 37.9 Å². The summed E-state index contributed by atoms with van der Waals surface area (Å²) in [5.74, 6) is 0.669. The summed E-state index contributed by atoms with van der Waals surface area (Å²) in [6.07, 6.45) is 7.34. The molecule has 0 unspecified atom stereocenters. The lowest BCUT2D eigenvalue weighted by Gasteiger charge is -2.32. The van der Waals surface area contributed by atoms with Crippen LogP contribution < -0.4 is 0 Å². The molecule has 2 fully saturated rings. The minimum absolute atomic E-state index is 0.595. The van der Waals surface area contributed by atoms with Crippen LogP contribution in [0.2, 0.25) is 5.15 Å². The molecule has 2 bridgehead atoms. The Morgan fingerprint density at radius 1 is 1.38 bits per heavy atom. The van der Waals surface area contributed by atoms with Gasteiger partial charge in [-0.15, -0.1) is 0 Å². The van der Waals surface area contributed by atoms with Gasteiger partial charge in [-0.1, -0.05) is 24.1 Å². The highest BCUT2D eigenvalue weighted by atomic mass is 35.5. The first-order valence-electron chi connectivity index (χ1n) is 6.09. The third-order valence-electron chi connectivity index (χ3n) is 4.31. The molecule has 16 heavy (non-hydrogen) atoms. The van der Waals surface area contributed by atoms with Crippen molar-refractivity contribution in [1.29, 1.82) is 0 Å². The van der Waals surface area contributed by atoms with E-state index in [-0.39, 0.29) is 0 Å². The highest BCUT2D eigenvalue weighted by Crippen LogP contribution is 2.43. The predicted molar refractivity (Wildman–Crippen MR) is 65.8 cm³/mol. The van der Waals surface area contributed by atoms with Gasteiger partial charge in [0.25, 0.3) is 0 Å². The van der Waals surface area contributed by atoms with Crippen molar-refractivity contribution >= 4 is 11.6 Å². The summed E-state index contributed by atoms with van der Waals surface area (Å²) in [4.78, 5) is 6.78. The standard InChI is InChI=1S/C13H17ClN2/c1-16-10-3-2-4-12(16)11(7-10)9-5-6-13(14)15-8-9/h5-6,8,10-12H,2-4,7H2,1H3/t10-,11+,12+/m0/s1/i1-1. The van der Waals surface area contributed by atoms with Gasteiger partial charge in [0.15, 0.2) is 0 Å². The quantitative estimate of drug-likeness (QED) is 0.696. The van der Waals surface area contributed by atoms with Crippen LogP contribution in [-0.2, 0) is 0 Å². The minimum atomic E-state index is 0.595. The van der Waals surface area contributed by atoms with Gasteiger partial charge in [-0.2, -0.15) is 0 Å². The maximum absolute atomic E-state index is 5.84. The van der Waals surface area contributed by atoms with Crippen LogP contribution in [-0.4, -0.2) is 29.0 Å². The molecule has 2 aliphatic heterocycles. The molecule has 2 aliphatic rings. The Hall–Kier alpha value is -0.600. The number of hydrogen-bond acceptors (Lipinski definition) is 2. The fraction of sp³-hybridized carbons (Fsp3) is 0.615. The van der Waals surface area contributed by atoms with Crippen molar-refractivity contribution in [2.24, 2.45) is 0 Å². The largest absolute Gasteiger partial charge is 0.300 e. The third kappa shape index (κ3) is 1.64. The zero-order valence-corrected chi connectivity index (χ0v) is 10.3. The van der Waals surface area contributed by atoms with E-state index in [0.29, 0.717) is 11.1 Å². The molecule has 0 amide bonds. The molecule has 86 valence electrons. The topological polar surface area (TPSA) is 16.1 Å². The van der Waals surface area contributed by atoms with E-state index in [4.69, 9.17) is 11.6 Å². The zero-order chi connectivity index (χ0) is 11.1. The Bertz CT molecular complexity index is 376. The summed E-state index contributed by atoms with van der Waals surface area (Å²) in [7, 11) is 2.28. The van der Waals surface area contributed by atoms with E-state index in [0.717, 1.165) is 12.1 Å². The molecule has 3 atom stereocenters. The molecule has 0 spiro atoms. The predicted octanol–water partition coefficient (Wildman–Crippen LogP) is 3.08. The van der Waals surface area contributed by atoms with Crippen LogP contribution in [0.3, 0.4) is 0 Å². The van der Waals surface area contributed by atoms with Gasteiger partial charge in [0.05, 0.1) is 0 Å². The first kappa shape index (κ1) is 10.5. The second kappa shape index (κ2) is 4.01. The van der Waals surface area contributed by atoms with Crippen LogP contribution in [0, 0.1) is 0 Å². The van der Waals surface area contributed by atoms with E-state index >= 15 is 0 Å². The number of hydrogen-bond donors (Lipinski definition) is 0. The minimum Gasteiger partial charge on any atom is -0.300 e. The Labute approximate surface area is 102 Å². The Balaban J connectivity index is 1.88. The van der Waals surface area contributed by atoms with Gasteiger partial charge < -0.3 is 0 Å². The molecular weight excluding hydrogens is 219 g/mol. The first-order valence-corrected chi connectivity index (χ1v) is 6.47. The SMILES string of the molecule is [11CH3]N1[C@H]2CCC[C@@H]1[C@@H](c1ccc(Cl)nc1)C2. The summed E-state index contributed by atoms with van der Waals surface area (Å²) in [6, 6.07) is 5.58. The Morgan fingerprint density at radius 2 is 2.25 bits per heavy atom. The van der Waals surface area contributed by atoms with Crippen LogP contribution in [0.25, 0.3) is 0 Å². The maximum Gasteiger partial charge on any atom is 0.129 e. The van der Waals surface area contributed by atoms with Crippen molar-refractivity contribution in [1.82, 2.24) is 9.88 Å². The molecule has 1 aromatic rings. The van der Waals surface area contributed by atoms with E-state index in [9.17, 15) is 0 Å². The average Bonchev–Trinajstić information content (AvgIpc) is 2.51. The van der Waals surface area contributed by atoms with Gasteiger partial charge in [0.2, 0.25) is 0 Å². The maximum atomic E-state index is 5.84. The Kier molecular flexibility index (Phi) is 2.64. The molecule has 3 rings (SSSR count). The number of aromatic nitrogens is 1. The van der Waals surface area contributed by atoms with Gasteiger partial charge in [-0.25, -0.2) is 4.98 Å². The van der Waals surface area contributed by atoms with Gasteiger partial charge in [0.1, 0.15) is 5.15 Å². The summed E-state index contributed by atoms with van der Waals surface area (Å²) >= 11 is 5.84. The summed E-state index contributed by atoms with van der Waals surface area (Å²) in [5, 5.41) is 0.595. The molecule has 0 radical (unpaired) electrons. The molecule has 3 heterocycles. The number of pyridine rings is 1. The van der Waals surface area contributed by atoms with Gasteiger partial charge in [-0.3, -0.25) is 4.90 Å². The highest BCUT2D eigenvalue weighted by molar-refractivity contribution is 6.29. The summed E-state index contributed by atoms with van der Waals surface area (Å²) in [5.41, 5.74) is 1.37. The lowest BCUT2D eigenvalue weighted by Crippen LogP contribution is -2.37. The van der Waals surface area contributed by atoms with Crippen LogP contribution in [0.5, 0.6) is 0 Å². The van der Waals surface area contributed by atoms with Crippen LogP contribution in [0.1, 0.15) is 37.2 Å². The molecule has 1 aromatic heterocycles. The van der Waals surface area contributed by atoms with Gasteiger partial charge in [0, 0.05) is 24.2 Å². The lowest BCUT2D eigenvalue weighted by atomic mass is 9.91. The van der Waals surface area contributed by atoms with E-state index in [1.165, 1.54) is 31.2 Å². The average molecular weight is 236 g/mol. The number of nitrogens with zero attached hydrogens (tertiary/aromatic N) is 2. The van der Waals surface area contributed by atoms with Crippen molar-refractivity contribution in [2.45, 2.75) is 43.7 Å². The van der Waals surface area contributed by atoms with Crippen molar-refractivity contribution < 1.29 is 0 Å². The van der Waals surface area contributed by atoms with Gasteiger partial charge >= 0.3 is 0 Å². The number of halogens is 1. The fourth-order valence-corrected chi connectivity index (χ4v) is 3.54. The molecular formula is C13H17ClN2. The molecule has 0 aromatic carbocycles. The van der Waals surface area contributed by atoms with Crippen molar-refractivity contribution in [3.8, 4) is 0 Å². The summed E-state index contributed by atoms with van der Waals surface area (Å²) in [6.45, 7) is 0. The van der Waals surface area contributed by atoms with Crippen molar-refractivity contribution in [3.63, 3.8) is 0 Å². The number of fused-ring (bicyclic) bond motifs is 2. The third-order valence-corrected chi connectivity index (χ3v) is 4.53. The fourth-order valence-electron chi connectivity index (χ4n) is 3.42. The van der Waals surface area contributed by atoms with Crippen LogP contribution >= 0.6 is 11.6 Å². The second-order valence-corrected chi connectivity index (χ2v) is 5.46. The highest BCUT2D eigenvalue weighted by Gasteiger charge is 2.41. The molecule has 0 saturated carbocycles. The number of likely N-dealkylation sites (N-methyl/N-ethyl adjacent to an activating group) is 1. The normalized spacial score (nSPS) is 34.2.